The normalized spacial score (nSPS) is 12.8. The number of benzene rings is 1. The first-order valence-electron chi connectivity index (χ1n) is 6.34. The standard InChI is InChI=1S/C9H11F2N.C3H6S.C2H6/c1-5(2)9-7(11)3-6(10)4-8(9)12;1-2-4-3-1;1-2/h3-5H,12H2,1-2H3;1-3H2;1-2H3. The molecule has 18 heavy (non-hydrogen) atoms. The van der Waals surface area contributed by atoms with E-state index in [0.29, 0.717) is 5.56 Å². The Labute approximate surface area is 113 Å². The van der Waals surface area contributed by atoms with E-state index in [1.807, 2.05) is 39.5 Å². The van der Waals surface area contributed by atoms with Crippen LogP contribution in [0.1, 0.15) is 45.6 Å². The molecule has 104 valence electrons. The molecular weight excluding hydrogens is 252 g/mol. The van der Waals surface area contributed by atoms with Gasteiger partial charge in [-0.2, -0.15) is 11.8 Å². The van der Waals surface area contributed by atoms with E-state index in [0.717, 1.165) is 12.1 Å². The van der Waals surface area contributed by atoms with Crippen LogP contribution in [0.25, 0.3) is 0 Å². The molecule has 2 N–H and O–H groups in total. The molecule has 1 heterocycles. The molecular formula is C14H23F2NS. The molecule has 2 rings (SSSR count). The van der Waals surface area contributed by atoms with E-state index < -0.39 is 11.6 Å². The maximum Gasteiger partial charge on any atom is 0.131 e. The van der Waals surface area contributed by atoms with Crippen molar-refractivity contribution in [1.82, 2.24) is 0 Å². The molecule has 0 bridgehead atoms. The summed E-state index contributed by atoms with van der Waals surface area (Å²) in [4.78, 5) is 0. The Morgan fingerprint density at radius 2 is 1.61 bits per heavy atom. The highest BCUT2D eigenvalue weighted by Crippen LogP contribution is 2.25. The fourth-order valence-electron chi connectivity index (χ4n) is 1.36. The van der Waals surface area contributed by atoms with Gasteiger partial charge in [0.15, 0.2) is 0 Å². The lowest BCUT2D eigenvalue weighted by atomic mass is 10.0. The molecule has 0 unspecified atom stereocenters. The van der Waals surface area contributed by atoms with Crippen molar-refractivity contribution in [1.29, 1.82) is 0 Å². The van der Waals surface area contributed by atoms with Gasteiger partial charge in [0, 0.05) is 17.3 Å². The fraction of sp³-hybridized carbons (Fsp3) is 0.571. The quantitative estimate of drug-likeness (QED) is 0.744. The number of rotatable bonds is 1. The van der Waals surface area contributed by atoms with Gasteiger partial charge in [-0.25, -0.2) is 8.78 Å². The monoisotopic (exact) mass is 275 g/mol. The Morgan fingerprint density at radius 3 is 1.89 bits per heavy atom. The average molecular weight is 275 g/mol. The summed E-state index contributed by atoms with van der Waals surface area (Å²) < 4.78 is 25.6. The van der Waals surface area contributed by atoms with Gasteiger partial charge in [-0.3, -0.25) is 0 Å². The van der Waals surface area contributed by atoms with E-state index in [9.17, 15) is 8.78 Å². The molecule has 4 heteroatoms. The van der Waals surface area contributed by atoms with Crippen LogP contribution in [-0.4, -0.2) is 11.5 Å². The molecule has 0 spiro atoms. The highest BCUT2D eigenvalue weighted by molar-refractivity contribution is 8.00. The number of hydrogen-bond donors (Lipinski definition) is 1. The number of nitrogens with two attached hydrogens (primary N) is 1. The highest BCUT2D eigenvalue weighted by Gasteiger charge is 2.11. The zero-order valence-electron chi connectivity index (χ0n) is 11.6. The Hall–Kier alpha value is -0.770. The maximum atomic E-state index is 13.0. The fourth-order valence-corrected chi connectivity index (χ4v) is 1.65. The van der Waals surface area contributed by atoms with Crippen molar-refractivity contribution in [2.45, 2.75) is 40.0 Å². The minimum absolute atomic E-state index is 0.0226. The van der Waals surface area contributed by atoms with Crippen molar-refractivity contribution < 1.29 is 8.78 Å². The SMILES string of the molecule is C1CSC1.CC.CC(C)c1c(N)cc(F)cc1F. The van der Waals surface area contributed by atoms with Crippen molar-refractivity contribution in [3.8, 4) is 0 Å². The van der Waals surface area contributed by atoms with E-state index in [1.165, 1.54) is 17.9 Å². The number of anilines is 1. The molecule has 0 radical (unpaired) electrons. The summed E-state index contributed by atoms with van der Waals surface area (Å²) in [5, 5.41) is 0. The van der Waals surface area contributed by atoms with Gasteiger partial charge in [0.05, 0.1) is 0 Å². The van der Waals surface area contributed by atoms with Crippen LogP contribution in [-0.2, 0) is 0 Å². The van der Waals surface area contributed by atoms with Gasteiger partial charge < -0.3 is 5.73 Å². The van der Waals surface area contributed by atoms with Crippen LogP contribution in [0.5, 0.6) is 0 Å². The third-order valence-electron chi connectivity index (χ3n) is 2.28. The number of halogens is 2. The van der Waals surface area contributed by atoms with E-state index in [-0.39, 0.29) is 11.6 Å². The Balaban J connectivity index is 0.000000399. The zero-order valence-corrected chi connectivity index (χ0v) is 12.4. The Bertz CT molecular complexity index is 323. The van der Waals surface area contributed by atoms with Gasteiger partial charge in [-0.15, -0.1) is 0 Å². The first-order valence-corrected chi connectivity index (χ1v) is 7.50. The topological polar surface area (TPSA) is 26.0 Å². The van der Waals surface area contributed by atoms with Crippen LogP contribution in [0.15, 0.2) is 12.1 Å². The molecule has 1 aliphatic rings. The summed E-state index contributed by atoms with van der Waals surface area (Å²) in [5.41, 5.74) is 6.01. The third kappa shape index (κ3) is 5.71. The second-order valence-electron chi connectivity index (χ2n) is 4.01. The first kappa shape index (κ1) is 17.2. The molecule has 0 amide bonds. The van der Waals surface area contributed by atoms with Crippen LogP contribution in [0.3, 0.4) is 0 Å². The second kappa shape index (κ2) is 9.20. The summed E-state index contributed by atoms with van der Waals surface area (Å²) in [7, 11) is 0. The molecule has 1 nitrogen and oxygen atoms in total. The lowest BCUT2D eigenvalue weighted by Gasteiger charge is -2.10. The number of hydrogen-bond acceptors (Lipinski definition) is 2. The molecule has 0 aliphatic carbocycles. The lowest BCUT2D eigenvalue weighted by molar-refractivity contribution is 0.567. The minimum atomic E-state index is -0.630. The molecule has 1 saturated heterocycles. The van der Waals surface area contributed by atoms with Crippen molar-refractivity contribution in [2.24, 2.45) is 0 Å². The Kier molecular flexibility index (Phi) is 8.81. The van der Waals surface area contributed by atoms with E-state index in [2.05, 4.69) is 0 Å². The van der Waals surface area contributed by atoms with Crippen LogP contribution in [0.4, 0.5) is 14.5 Å². The molecule has 0 aromatic heterocycles. The summed E-state index contributed by atoms with van der Waals surface area (Å²) in [6.07, 6.45) is 1.46. The van der Waals surface area contributed by atoms with E-state index in [1.54, 1.807) is 0 Å². The van der Waals surface area contributed by atoms with Gasteiger partial charge in [-0.05, 0) is 29.9 Å². The minimum Gasteiger partial charge on any atom is -0.398 e. The van der Waals surface area contributed by atoms with Crippen LogP contribution >= 0.6 is 11.8 Å². The van der Waals surface area contributed by atoms with Gasteiger partial charge in [-0.1, -0.05) is 27.7 Å². The molecule has 1 aromatic rings. The lowest BCUT2D eigenvalue weighted by Crippen LogP contribution is -2.01. The Morgan fingerprint density at radius 1 is 1.17 bits per heavy atom. The molecule has 1 fully saturated rings. The highest BCUT2D eigenvalue weighted by atomic mass is 32.2. The smallest absolute Gasteiger partial charge is 0.131 e. The van der Waals surface area contributed by atoms with Crippen LogP contribution in [0.2, 0.25) is 0 Å². The molecule has 1 aliphatic heterocycles. The van der Waals surface area contributed by atoms with E-state index >= 15 is 0 Å². The summed E-state index contributed by atoms with van der Waals surface area (Å²) in [6.45, 7) is 7.62. The van der Waals surface area contributed by atoms with Crippen molar-refractivity contribution in [2.75, 3.05) is 17.2 Å². The number of nitrogen functional groups attached to an aromatic ring is 1. The van der Waals surface area contributed by atoms with Crippen molar-refractivity contribution in [3.05, 3.63) is 29.3 Å². The van der Waals surface area contributed by atoms with Crippen molar-refractivity contribution in [3.63, 3.8) is 0 Å². The zero-order chi connectivity index (χ0) is 14.1. The van der Waals surface area contributed by atoms with Gasteiger partial charge in [0.1, 0.15) is 11.6 Å². The average Bonchev–Trinajstić information content (AvgIpc) is 2.15. The van der Waals surface area contributed by atoms with Crippen LogP contribution in [0, 0.1) is 11.6 Å². The molecule has 1 aromatic carbocycles. The summed E-state index contributed by atoms with van der Waals surface area (Å²) in [6, 6.07) is 1.99. The third-order valence-corrected chi connectivity index (χ3v) is 3.44. The summed E-state index contributed by atoms with van der Waals surface area (Å²) in [5.74, 6) is 1.61. The maximum absolute atomic E-state index is 13.0. The van der Waals surface area contributed by atoms with E-state index in [4.69, 9.17) is 5.73 Å². The summed E-state index contributed by atoms with van der Waals surface area (Å²) >= 11 is 2.04. The van der Waals surface area contributed by atoms with Crippen LogP contribution < -0.4 is 5.73 Å². The van der Waals surface area contributed by atoms with Gasteiger partial charge in [0.25, 0.3) is 0 Å². The second-order valence-corrected chi connectivity index (χ2v) is 5.24. The van der Waals surface area contributed by atoms with Crippen molar-refractivity contribution >= 4 is 17.4 Å². The predicted octanol–water partition coefficient (Wildman–Crippen LogP) is 4.82. The first-order chi connectivity index (χ1) is 8.52. The predicted molar refractivity (Wildman–Crippen MR) is 78.1 cm³/mol. The van der Waals surface area contributed by atoms with Gasteiger partial charge in [0.2, 0.25) is 0 Å². The van der Waals surface area contributed by atoms with Gasteiger partial charge >= 0.3 is 0 Å². The number of thioether (sulfide) groups is 1. The molecule has 0 saturated carbocycles. The largest absolute Gasteiger partial charge is 0.398 e. The molecule has 0 atom stereocenters.